The van der Waals surface area contributed by atoms with E-state index < -0.39 is 6.04 Å². The minimum absolute atomic E-state index is 0.0731. The van der Waals surface area contributed by atoms with Crippen molar-refractivity contribution in [3.8, 4) is 16.3 Å². The summed E-state index contributed by atoms with van der Waals surface area (Å²) in [4.78, 5) is 25.2. The highest BCUT2D eigenvalue weighted by molar-refractivity contribution is 7.18. The molecule has 0 bridgehead atoms. The van der Waals surface area contributed by atoms with Crippen LogP contribution in [-0.2, 0) is 4.79 Å². The number of amides is 3. The molecule has 0 saturated heterocycles. The van der Waals surface area contributed by atoms with Gasteiger partial charge in [-0.2, -0.15) is 0 Å². The number of anilines is 1. The minimum Gasteiger partial charge on any atom is -0.497 e. The van der Waals surface area contributed by atoms with Crippen LogP contribution >= 0.6 is 11.3 Å². The number of carbonyl (C=O) groups excluding carboxylic acids is 2. The fourth-order valence-electron chi connectivity index (χ4n) is 3.46. The molecule has 1 heterocycles. The van der Waals surface area contributed by atoms with Gasteiger partial charge in [-0.15, -0.1) is 10.2 Å². The summed E-state index contributed by atoms with van der Waals surface area (Å²) in [5.41, 5.74) is 0.888. The van der Waals surface area contributed by atoms with Gasteiger partial charge in [0.25, 0.3) is 0 Å². The molecule has 1 aromatic heterocycles. The van der Waals surface area contributed by atoms with Crippen molar-refractivity contribution in [3.63, 3.8) is 0 Å². The predicted molar refractivity (Wildman–Crippen MR) is 118 cm³/mol. The fourth-order valence-corrected chi connectivity index (χ4v) is 4.21. The SMILES string of the molecule is COc1ccc(-c2nnc(NC(=O)C(NC(=O)NC3CCCCC3)C(C)C)s2)cc1. The Morgan fingerprint density at radius 3 is 2.43 bits per heavy atom. The van der Waals surface area contributed by atoms with Crippen LogP contribution in [-0.4, -0.2) is 41.3 Å². The van der Waals surface area contributed by atoms with E-state index in [0.717, 1.165) is 37.0 Å². The van der Waals surface area contributed by atoms with Gasteiger partial charge < -0.3 is 15.4 Å². The van der Waals surface area contributed by atoms with E-state index in [4.69, 9.17) is 4.74 Å². The van der Waals surface area contributed by atoms with Crippen molar-refractivity contribution >= 4 is 28.4 Å². The Bertz CT molecular complexity index is 847. The van der Waals surface area contributed by atoms with Gasteiger partial charge in [-0.05, 0) is 43.0 Å². The maximum atomic E-state index is 12.8. The Hall–Kier alpha value is -2.68. The molecule has 3 rings (SSSR count). The van der Waals surface area contributed by atoms with Crippen molar-refractivity contribution in [2.75, 3.05) is 12.4 Å². The number of nitrogens with one attached hydrogen (secondary N) is 3. The predicted octanol–water partition coefficient (Wildman–Crippen LogP) is 3.81. The zero-order chi connectivity index (χ0) is 21.5. The molecule has 3 N–H and O–H groups in total. The van der Waals surface area contributed by atoms with Gasteiger partial charge in [-0.25, -0.2) is 4.79 Å². The van der Waals surface area contributed by atoms with Crippen LogP contribution < -0.4 is 20.7 Å². The number of ether oxygens (including phenoxy) is 1. The number of rotatable bonds is 7. The normalized spacial score (nSPS) is 15.5. The molecule has 2 aromatic rings. The highest BCUT2D eigenvalue weighted by Gasteiger charge is 2.26. The standard InChI is InChI=1S/C21H29N5O3S/c1-13(2)17(23-20(28)22-15-7-5-4-6-8-15)18(27)24-21-26-25-19(30-21)14-9-11-16(29-3)12-10-14/h9-13,15,17H,4-8H2,1-3H3,(H2,22,23,28)(H,24,26,27). The van der Waals surface area contributed by atoms with Crippen molar-refractivity contribution in [1.82, 2.24) is 20.8 Å². The molecule has 1 aromatic carbocycles. The highest BCUT2D eigenvalue weighted by atomic mass is 32.1. The fraction of sp³-hybridized carbons (Fsp3) is 0.524. The van der Waals surface area contributed by atoms with Crippen molar-refractivity contribution in [3.05, 3.63) is 24.3 Å². The molecule has 30 heavy (non-hydrogen) atoms. The minimum atomic E-state index is -0.665. The lowest BCUT2D eigenvalue weighted by Gasteiger charge is -2.26. The second kappa shape index (κ2) is 10.4. The van der Waals surface area contributed by atoms with Gasteiger partial charge in [0.15, 0.2) is 0 Å². The molecular formula is C21H29N5O3S. The summed E-state index contributed by atoms with van der Waals surface area (Å²) in [5, 5.41) is 17.9. The van der Waals surface area contributed by atoms with Crippen molar-refractivity contribution in [2.45, 2.75) is 58.0 Å². The summed E-state index contributed by atoms with van der Waals surface area (Å²) in [6.45, 7) is 3.79. The van der Waals surface area contributed by atoms with E-state index in [1.165, 1.54) is 17.8 Å². The first-order valence-corrected chi connectivity index (χ1v) is 11.1. The quantitative estimate of drug-likeness (QED) is 0.618. The Morgan fingerprint density at radius 1 is 1.10 bits per heavy atom. The van der Waals surface area contributed by atoms with Gasteiger partial charge in [0, 0.05) is 11.6 Å². The maximum Gasteiger partial charge on any atom is 0.315 e. The van der Waals surface area contributed by atoms with Gasteiger partial charge in [0.2, 0.25) is 11.0 Å². The first kappa shape index (κ1) is 22.0. The van der Waals surface area contributed by atoms with E-state index in [-0.39, 0.29) is 23.9 Å². The Labute approximate surface area is 180 Å². The van der Waals surface area contributed by atoms with E-state index in [1.807, 2.05) is 38.1 Å². The first-order chi connectivity index (χ1) is 14.5. The summed E-state index contributed by atoms with van der Waals surface area (Å²) >= 11 is 1.28. The molecule has 1 aliphatic rings. The molecule has 1 saturated carbocycles. The molecule has 0 aliphatic heterocycles. The van der Waals surface area contributed by atoms with E-state index in [9.17, 15) is 9.59 Å². The number of urea groups is 1. The van der Waals surface area contributed by atoms with Crippen molar-refractivity contribution in [1.29, 1.82) is 0 Å². The lowest BCUT2D eigenvalue weighted by molar-refractivity contribution is -0.118. The molecule has 8 nitrogen and oxygen atoms in total. The number of methoxy groups -OCH3 is 1. The molecule has 1 unspecified atom stereocenters. The molecule has 1 aliphatic carbocycles. The molecule has 0 radical (unpaired) electrons. The highest BCUT2D eigenvalue weighted by Crippen LogP contribution is 2.28. The first-order valence-electron chi connectivity index (χ1n) is 10.3. The second-order valence-electron chi connectivity index (χ2n) is 7.80. The van der Waals surface area contributed by atoms with Crippen LogP contribution in [0.25, 0.3) is 10.6 Å². The number of aromatic nitrogens is 2. The van der Waals surface area contributed by atoms with Gasteiger partial charge in [0.05, 0.1) is 7.11 Å². The van der Waals surface area contributed by atoms with Crippen molar-refractivity contribution < 1.29 is 14.3 Å². The third-order valence-corrected chi connectivity index (χ3v) is 6.06. The van der Waals surface area contributed by atoms with Gasteiger partial charge >= 0.3 is 6.03 Å². The van der Waals surface area contributed by atoms with E-state index in [2.05, 4.69) is 26.1 Å². The monoisotopic (exact) mass is 431 g/mol. The number of nitrogens with zero attached hydrogens (tertiary/aromatic N) is 2. The summed E-state index contributed by atoms with van der Waals surface area (Å²) in [7, 11) is 1.61. The Kier molecular flexibility index (Phi) is 7.62. The average Bonchev–Trinajstić information content (AvgIpc) is 3.21. The number of hydrogen-bond donors (Lipinski definition) is 3. The third-order valence-electron chi connectivity index (χ3n) is 5.17. The van der Waals surface area contributed by atoms with Crippen LogP contribution in [0.5, 0.6) is 5.75 Å². The number of carbonyl (C=O) groups is 2. The summed E-state index contributed by atoms with van der Waals surface area (Å²) in [6.07, 6.45) is 5.46. The van der Waals surface area contributed by atoms with Crippen LogP contribution in [0.3, 0.4) is 0 Å². The number of hydrogen-bond acceptors (Lipinski definition) is 6. The molecule has 1 atom stereocenters. The van der Waals surface area contributed by atoms with E-state index in [0.29, 0.717) is 10.1 Å². The molecule has 3 amide bonds. The zero-order valence-corrected chi connectivity index (χ0v) is 18.4. The molecule has 0 spiro atoms. The van der Waals surface area contributed by atoms with Gasteiger partial charge in [-0.1, -0.05) is 44.4 Å². The average molecular weight is 432 g/mol. The van der Waals surface area contributed by atoms with E-state index >= 15 is 0 Å². The van der Waals surface area contributed by atoms with Gasteiger partial charge in [-0.3, -0.25) is 10.1 Å². The van der Waals surface area contributed by atoms with Crippen LogP contribution in [0.2, 0.25) is 0 Å². The largest absolute Gasteiger partial charge is 0.497 e. The number of benzene rings is 1. The Morgan fingerprint density at radius 2 is 1.80 bits per heavy atom. The molecular weight excluding hydrogens is 402 g/mol. The zero-order valence-electron chi connectivity index (χ0n) is 17.6. The van der Waals surface area contributed by atoms with Gasteiger partial charge in [0.1, 0.15) is 16.8 Å². The van der Waals surface area contributed by atoms with Crippen LogP contribution in [0, 0.1) is 5.92 Å². The summed E-state index contributed by atoms with van der Waals surface area (Å²) in [6, 6.07) is 6.69. The molecule has 162 valence electrons. The Balaban J connectivity index is 1.59. The second-order valence-corrected chi connectivity index (χ2v) is 8.78. The third kappa shape index (κ3) is 5.91. The van der Waals surface area contributed by atoms with E-state index in [1.54, 1.807) is 7.11 Å². The topological polar surface area (TPSA) is 105 Å². The molecule has 1 fully saturated rings. The summed E-state index contributed by atoms with van der Waals surface area (Å²) in [5.74, 6) is 0.381. The smallest absolute Gasteiger partial charge is 0.315 e. The maximum absolute atomic E-state index is 12.8. The summed E-state index contributed by atoms with van der Waals surface area (Å²) < 4.78 is 5.16. The van der Waals surface area contributed by atoms with Crippen LogP contribution in [0.15, 0.2) is 24.3 Å². The lowest BCUT2D eigenvalue weighted by Crippen LogP contribution is -2.52. The van der Waals surface area contributed by atoms with Crippen LogP contribution in [0.1, 0.15) is 46.0 Å². The molecule has 9 heteroatoms. The lowest BCUT2D eigenvalue weighted by atomic mass is 9.96. The van der Waals surface area contributed by atoms with Crippen molar-refractivity contribution in [2.24, 2.45) is 5.92 Å². The van der Waals surface area contributed by atoms with Crippen LogP contribution in [0.4, 0.5) is 9.93 Å².